The number of aliphatic carboxylic acids is 1. The summed E-state index contributed by atoms with van der Waals surface area (Å²) >= 11 is 0. The van der Waals surface area contributed by atoms with Crippen molar-refractivity contribution >= 4 is 5.97 Å². The maximum Gasteiger partial charge on any atom is 0.310 e. The number of carbonyl (C=O) groups is 1. The molecule has 1 saturated heterocycles. The molecule has 0 spiro atoms. The highest BCUT2D eigenvalue weighted by atomic mass is 16.5. The fourth-order valence-electron chi connectivity index (χ4n) is 2.69. The fourth-order valence-corrected chi connectivity index (χ4v) is 2.69. The molecule has 5 heteroatoms. The van der Waals surface area contributed by atoms with Gasteiger partial charge in [0.15, 0.2) is 0 Å². The van der Waals surface area contributed by atoms with Gasteiger partial charge < -0.3 is 14.6 Å². The summed E-state index contributed by atoms with van der Waals surface area (Å²) < 4.78 is 10.8. The maximum absolute atomic E-state index is 11.1. The van der Waals surface area contributed by atoms with Crippen LogP contribution in [-0.2, 0) is 14.3 Å². The van der Waals surface area contributed by atoms with E-state index in [1.165, 1.54) is 0 Å². The molecule has 2 rings (SSSR count). The van der Waals surface area contributed by atoms with E-state index in [0.717, 1.165) is 19.4 Å². The van der Waals surface area contributed by atoms with Crippen LogP contribution >= 0.6 is 0 Å². The highest BCUT2D eigenvalue weighted by Gasteiger charge is 2.42. The summed E-state index contributed by atoms with van der Waals surface area (Å²) in [6.45, 7) is 3.63. The SMILES string of the molecule is CCOC1CC(N(C)C2COCC2C(=O)O)C1. The lowest BCUT2D eigenvalue weighted by molar-refractivity contribution is -0.144. The van der Waals surface area contributed by atoms with Crippen LogP contribution in [0.2, 0.25) is 0 Å². The molecule has 0 amide bonds. The highest BCUT2D eigenvalue weighted by molar-refractivity contribution is 5.71. The Morgan fingerprint density at radius 3 is 2.76 bits per heavy atom. The Labute approximate surface area is 102 Å². The molecule has 0 bridgehead atoms. The summed E-state index contributed by atoms with van der Waals surface area (Å²) in [5, 5.41) is 9.11. The van der Waals surface area contributed by atoms with Crippen LogP contribution in [0, 0.1) is 5.92 Å². The maximum atomic E-state index is 11.1. The minimum Gasteiger partial charge on any atom is -0.481 e. The average molecular weight is 243 g/mol. The van der Waals surface area contributed by atoms with Crippen LogP contribution in [0.3, 0.4) is 0 Å². The van der Waals surface area contributed by atoms with Gasteiger partial charge in [0, 0.05) is 18.7 Å². The number of carboxylic acids is 1. The van der Waals surface area contributed by atoms with Crippen molar-refractivity contribution in [2.75, 3.05) is 26.9 Å². The molecule has 2 fully saturated rings. The Morgan fingerprint density at radius 1 is 1.47 bits per heavy atom. The van der Waals surface area contributed by atoms with E-state index in [1.54, 1.807) is 0 Å². The molecule has 1 saturated carbocycles. The van der Waals surface area contributed by atoms with Gasteiger partial charge in [-0.2, -0.15) is 0 Å². The third kappa shape index (κ3) is 2.61. The minimum absolute atomic E-state index is 0.0140. The first-order valence-corrected chi connectivity index (χ1v) is 6.27. The van der Waals surface area contributed by atoms with Gasteiger partial charge in [-0.15, -0.1) is 0 Å². The van der Waals surface area contributed by atoms with Crippen molar-refractivity contribution in [3.05, 3.63) is 0 Å². The summed E-state index contributed by atoms with van der Waals surface area (Å²) in [4.78, 5) is 13.2. The lowest BCUT2D eigenvalue weighted by Crippen LogP contribution is -2.53. The molecule has 1 heterocycles. The second-order valence-electron chi connectivity index (χ2n) is 4.92. The van der Waals surface area contributed by atoms with Crippen LogP contribution in [0.15, 0.2) is 0 Å². The van der Waals surface area contributed by atoms with E-state index in [9.17, 15) is 4.79 Å². The standard InChI is InChI=1S/C12H21NO4/c1-3-17-9-4-8(5-9)13(2)11-7-16-6-10(11)12(14)15/h8-11H,3-7H2,1-2H3,(H,14,15). The van der Waals surface area contributed by atoms with Crippen molar-refractivity contribution in [3.63, 3.8) is 0 Å². The van der Waals surface area contributed by atoms with Gasteiger partial charge in [-0.25, -0.2) is 0 Å². The van der Waals surface area contributed by atoms with E-state index < -0.39 is 5.97 Å². The van der Waals surface area contributed by atoms with E-state index in [-0.39, 0.29) is 12.0 Å². The third-order valence-electron chi connectivity index (χ3n) is 3.94. The molecule has 0 radical (unpaired) electrons. The lowest BCUT2D eigenvalue weighted by Gasteiger charge is -2.43. The summed E-state index contributed by atoms with van der Waals surface area (Å²) in [5.41, 5.74) is 0. The Hall–Kier alpha value is -0.650. The molecule has 2 atom stereocenters. The molecular weight excluding hydrogens is 222 g/mol. The van der Waals surface area contributed by atoms with Gasteiger partial charge in [0.25, 0.3) is 0 Å². The summed E-state index contributed by atoms with van der Waals surface area (Å²) in [7, 11) is 2.00. The molecule has 1 N–H and O–H groups in total. The molecule has 2 aliphatic rings. The lowest BCUT2D eigenvalue weighted by atomic mass is 9.86. The van der Waals surface area contributed by atoms with E-state index in [1.807, 2.05) is 14.0 Å². The summed E-state index contributed by atoms with van der Waals surface area (Å²) in [6, 6.07) is 0.458. The Balaban J connectivity index is 1.84. The number of carboxylic acid groups (broad SMARTS) is 1. The Bertz CT molecular complexity index is 278. The first-order valence-electron chi connectivity index (χ1n) is 6.27. The van der Waals surface area contributed by atoms with Crippen LogP contribution in [0.4, 0.5) is 0 Å². The zero-order chi connectivity index (χ0) is 12.4. The average Bonchev–Trinajstić information content (AvgIpc) is 2.70. The number of ether oxygens (including phenoxy) is 2. The smallest absolute Gasteiger partial charge is 0.310 e. The van der Waals surface area contributed by atoms with Crippen LogP contribution in [-0.4, -0.2) is 61.0 Å². The zero-order valence-electron chi connectivity index (χ0n) is 10.5. The number of likely N-dealkylation sites (N-methyl/N-ethyl adjacent to an activating group) is 1. The fraction of sp³-hybridized carbons (Fsp3) is 0.917. The number of hydrogen-bond acceptors (Lipinski definition) is 4. The van der Waals surface area contributed by atoms with E-state index >= 15 is 0 Å². The van der Waals surface area contributed by atoms with Gasteiger partial charge in [0.1, 0.15) is 0 Å². The Morgan fingerprint density at radius 2 is 2.18 bits per heavy atom. The summed E-state index contributed by atoms with van der Waals surface area (Å²) in [6.07, 6.45) is 2.37. The first-order chi connectivity index (χ1) is 8.13. The van der Waals surface area contributed by atoms with Gasteiger partial charge >= 0.3 is 5.97 Å². The monoisotopic (exact) mass is 243 g/mol. The molecular formula is C12H21NO4. The van der Waals surface area contributed by atoms with Crippen molar-refractivity contribution in [2.45, 2.75) is 38.0 Å². The molecule has 2 unspecified atom stereocenters. The molecule has 5 nitrogen and oxygen atoms in total. The second kappa shape index (κ2) is 5.33. The van der Waals surface area contributed by atoms with Gasteiger partial charge in [-0.3, -0.25) is 9.69 Å². The van der Waals surface area contributed by atoms with Gasteiger partial charge in [-0.05, 0) is 26.8 Å². The van der Waals surface area contributed by atoms with E-state index in [2.05, 4.69) is 4.90 Å². The predicted molar refractivity (Wildman–Crippen MR) is 61.9 cm³/mol. The van der Waals surface area contributed by atoms with E-state index in [0.29, 0.717) is 25.4 Å². The predicted octanol–water partition coefficient (Wildman–Crippen LogP) is 0.585. The van der Waals surface area contributed by atoms with Crippen LogP contribution < -0.4 is 0 Å². The van der Waals surface area contributed by atoms with Gasteiger partial charge in [-0.1, -0.05) is 0 Å². The highest BCUT2D eigenvalue weighted by Crippen LogP contribution is 2.31. The molecule has 17 heavy (non-hydrogen) atoms. The second-order valence-corrected chi connectivity index (χ2v) is 4.92. The number of rotatable bonds is 5. The largest absolute Gasteiger partial charge is 0.481 e. The topological polar surface area (TPSA) is 59.0 Å². The first kappa shape index (κ1) is 12.8. The normalized spacial score (nSPS) is 37.1. The van der Waals surface area contributed by atoms with Crippen molar-refractivity contribution in [2.24, 2.45) is 5.92 Å². The number of hydrogen-bond donors (Lipinski definition) is 1. The van der Waals surface area contributed by atoms with Crippen LogP contribution in [0.5, 0.6) is 0 Å². The van der Waals surface area contributed by atoms with Crippen LogP contribution in [0.1, 0.15) is 19.8 Å². The molecule has 1 aliphatic heterocycles. The molecule has 1 aliphatic carbocycles. The van der Waals surface area contributed by atoms with Crippen molar-refractivity contribution < 1.29 is 19.4 Å². The zero-order valence-corrected chi connectivity index (χ0v) is 10.5. The van der Waals surface area contributed by atoms with Gasteiger partial charge in [0.2, 0.25) is 0 Å². The molecule has 0 aromatic carbocycles. The van der Waals surface area contributed by atoms with Gasteiger partial charge in [0.05, 0.1) is 25.2 Å². The molecule has 98 valence electrons. The van der Waals surface area contributed by atoms with Crippen molar-refractivity contribution in [1.29, 1.82) is 0 Å². The van der Waals surface area contributed by atoms with Crippen molar-refractivity contribution in [1.82, 2.24) is 4.90 Å². The quantitative estimate of drug-likeness (QED) is 0.765. The van der Waals surface area contributed by atoms with E-state index in [4.69, 9.17) is 14.6 Å². The van der Waals surface area contributed by atoms with Crippen LogP contribution in [0.25, 0.3) is 0 Å². The van der Waals surface area contributed by atoms with Crippen molar-refractivity contribution in [3.8, 4) is 0 Å². The summed E-state index contributed by atoms with van der Waals surface area (Å²) in [5.74, 6) is -1.13. The minimum atomic E-state index is -0.750. The third-order valence-corrected chi connectivity index (χ3v) is 3.94. The molecule has 0 aromatic rings. The number of nitrogens with zero attached hydrogens (tertiary/aromatic N) is 1. The Kier molecular flexibility index (Phi) is 4.01. The molecule has 0 aromatic heterocycles.